The van der Waals surface area contributed by atoms with E-state index in [0.29, 0.717) is 15.6 Å². The van der Waals surface area contributed by atoms with E-state index in [-0.39, 0.29) is 15.5 Å². The summed E-state index contributed by atoms with van der Waals surface area (Å²) < 4.78 is 0. The Morgan fingerprint density at radius 2 is 1.95 bits per heavy atom. The third kappa shape index (κ3) is 3.12. The summed E-state index contributed by atoms with van der Waals surface area (Å²) in [5.74, 6) is -1.45. The van der Waals surface area contributed by atoms with Gasteiger partial charge in [0.15, 0.2) is 0 Å². The van der Waals surface area contributed by atoms with Crippen LogP contribution in [0, 0.1) is 6.92 Å². The number of rotatable bonds is 3. The minimum atomic E-state index is -1.02. The molecule has 0 radical (unpaired) electrons. The zero-order valence-corrected chi connectivity index (χ0v) is 12.6. The number of aromatic carboxylic acids is 1. The molecular weight excluding hydrogens is 321 g/mol. The van der Waals surface area contributed by atoms with Crippen LogP contribution >= 0.6 is 34.5 Å². The van der Waals surface area contributed by atoms with Gasteiger partial charge in [-0.15, -0.1) is 11.3 Å². The number of carboxylic acids is 1. The van der Waals surface area contributed by atoms with E-state index >= 15 is 0 Å². The molecule has 2 rings (SSSR count). The normalized spacial score (nSPS) is 10.3. The molecule has 0 aliphatic rings. The number of hydrogen-bond acceptors (Lipinski definition) is 3. The molecule has 4 nitrogen and oxygen atoms in total. The molecule has 2 N–H and O–H groups in total. The fourth-order valence-electron chi connectivity index (χ4n) is 1.61. The molecule has 1 aromatic carbocycles. The van der Waals surface area contributed by atoms with Gasteiger partial charge in [0.2, 0.25) is 0 Å². The number of benzene rings is 1. The molecule has 2 aromatic rings. The van der Waals surface area contributed by atoms with Gasteiger partial charge in [-0.2, -0.15) is 0 Å². The summed E-state index contributed by atoms with van der Waals surface area (Å²) in [6.07, 6.45) is 0. The van der Waals surface area contributed by atoms with Crippen LogP contribution in [0.4, 0.5) is 5.00 Å². The first-order valence-electron chi connectivity index (χ1n) is 5.48. The third-order valence-electron chi connectivity index (χ3n) is 2.52. The van der Waals surface area contributed by atoms with Crippen LogP contribution in [0.25, 0.3) is 0 Å². The second-order valence-electron chi connectivity index (χ2n) is 4.01. The van der Waals surface area contributed by atoms with Gasteiger partial charge in [0, 0.05) is 5.02 Å². The quantitative estimate of drug-likeness (QED) is 0.881. The van der Waals surface area contributed by atoms with Crippen LogP contribution in [0.15, 0.2) is 24.3 Å². The highest BCUT2D eigenvalue weighted by atomic mass is 35.5. The topological polar surface area (TPSA) is 66.4 Å². The average molecular weight is 330 g/mol. The maximum Gasteiger partial charge on any atom is 0.346 e. The predicted molar refractivity (Wildman–Crippen MR) is 80.4 cm³/mol. The summed E-state index contributed by atoms with van der Waals surface area (Å²) in [4.78, 5) is 23.2. The lowest BCUT2D eigenvalue weighted by molar-refractivity contribution is 0.0701. The average Bonchev–Trinajstić information content (AvgIpc) is 2.73. The van der Waals surface area contributed by atoms with Gasteiger partial charge in [0.05, 0.1) is 15.6 Å². The lowest BCUT2D eigenvalue weighted by atomic mass is 10.2. The number of nitrogens with one attached hydrogen (secondary N) is 1. The Bertz CT molecular complexity index is 697. The molecule has 0 fully saturated rings. The Hall–Kier alpha value is -1.56. The minimum Gasteiger partial charge on any atom is -0.477 e. The molecule has 0 aliphatic heterocycles. The summed E-state index contributed by atoms with van der Waals surface area (Å²) >= 11 is 12.7. The highest BCUT2D eigenvalue weighted by Gasteiger charge is 2.16. The zero-order valence-electron chi connectivity index (χ0n) is 10.2. The Balaban J connectivity index is 2.26. The third-order valence-corrected chi connectivity index (χ3v) is 4.23. The number of hydrogen-bond donors (Lipinski definition) is 2. The number of halogens is 2. The second-order valence-corrected chi connectivity index (χ2v) is 5.90. The molecule has 0 unspecified atom stereocenters. The predicted octanol–water partition coefficient (Wildman–Crippen LogP) is 4.31. The Morgan fingerprint density at radius 3 is 2.55 bits per heavy atom. The van der Waals surface area contributed by atoms with Crippen molar-refractivity contribution in [2.24, 2.45) is 0 Å². The van der Waals surface area contributed by atoms with Crippen molar-refractivity contribution in [1.29, 1.82) is 0 Å². The monoisotopic (exact) mass is 329 g/mol. The Labute approximate surface area is 128 Å². The SMILES string of the molecule is Cc1cc(NC(=O)c2cc(Cl)ccc2Cl)sc1C(=O)O. The molecule has 0 atom stereocenters. The van der Waals surface area contributed by atoms with E-state index in [1.54, 1.807) is 19.1 Å². The van der Waals surface area contributed by atoms with Crippen molar-refractivity contribution in [3.8, 4) is 0 Å². The highest BCUT2D eigenvalue weighted by Crippen LogP contribution is 2.28. The van der Waals surface area contributed by atoms with Gasteiger partial charge in [0.1, 0.15) is 4.88 Å². The van der Waals surface area contributed by atoms with Crippen LogP contribution in [-0.2, 0) is 0 Å². The first kappa shape index (κ1) is 14.8. The van der Waals surface area contributed by atoms with Crippen LogP contribution < -0.4 is 5.32 Å². The van der Waals surface area contributed by atoms with Crippen molar-refractivity contribution >= 4 is 51.4 Å². The summed E-state index contributed by atoms with van der Waals surface area (Å²) in [5, 5.41) is 12.7. The van der Waals surface area contributed by atoms with Crippen LogP contribution in [0.2, 0.25) is 10.0 Å². The lowest BCUT2D eigenvalue weighted by Gasteiger charge is -2.05. The van der Waals surface area contributed by atoms with Crippen LogP contribution in [0.5, 0.6) is 0 Å². The molecule has 0 aliphatic carbocycles. The molecule has 104 valence electrons. The van der Waals surface area contributed by atoms with Crippen molar-refractivity contribution < 1.29 is 14.7 Å². The maximum atomic E-state index is 12.1. The summed E-state index contributed by atoms with van der Waals surface area (Å²) in [5.41, 5.74) is 0.831. The van der Waals surface area contributed by atoms with Crippen LogP contribution in [0.1, 0.15) is 25.6 Å². The number of carbonyl (C=O) groups excluding carboxylic acids is 1. The van der Waals surface area contributed by atoms with E-state index in [0.717, 1.165) is 11.3 Å². The van der Waals surface area contributed by atoms with Crippen molar-refractivity contribution in [3.63, 3.8) is 0 Å². The van der Waals surface area contributed by atoms with E-state index in [1.165, 1.54) is 12.1 Å². The van der Waals surface area contributed by atoms with Crippen molar-refractivity contribution in [3.05, 3.63) is 50.3 Å². The van der Waals surface area contributed by atoms with Gasteiger partial charge in [-0.3, -0.25) is 4.79 Å². The number of carbonyl (C=O) groups is 2. The zero-order chi connectivity index (χ0) is 14.9. The molecule has 0 saturated heterocycles. The number of carboxylic acid groups (broad SMARTS) is 1. The number of anilines is 1. The van der Waals surface area contributed by atoms with E-state index in [9.17, 15) is 9.59 Å². The van der Waals surface area contributed by atoms with Crippen LogP contribution in [0.3, 0.4) is 0 Å². The Morgan fingerprint density at radius 1 is 1.25 bits per heavy atom. The smallest absolute Gasteiger partial charge is 0.346 e. The molecular formula is C13H9Cl2NO3S. The van der Waals surface area contributed by atoms with Gasteiger partial charge in [0.25, 0.3) is 5.91 Å². The van der Waals surface area contributed by atoms with Gasteiger partial charge < -0.3 is 10.4 Å². The van der Waals surface area contributed by atoms with Crippen molar-refractivity contribution in [1.82, 2.24) is 0 Å². The summed E-state index contributed by atoms with van der Waals surface area (Å²) in [7, 11) is 0. The lowest BCUT2D eigenvalue weighted by Crippen LogP contribution is -2.11. The highest BCUT2D eigenvalue weighted by molar-refractivity contribution is 7.18. The van der Waals surface area contributed by atoms with Crippen LogP contribution in [-0.4, -0.2) is 17.0 Å². The van der Waals surface area contributed by atoms with E-state index in [1.807, 2.05) is 0 Å². The van der Waals surface area contributed by atoms with Gasteiger partial charge in [-0.1, -0.05) is 23.2 Å². The standard InChI is InChI=1S/C13H9Cl2NO3S/c1-6-4-10(20-11(6)13(18)19)16-12(17)8-5-7(14)2-3-9(8)15/h2-5H,1H3,(H,16,17)(H,18,19). The number of aryl methyl sites for hydroxylation is 1. The molecule has 0 spiro atoms. The Kier molecular flexibility index (Phi) is 4.32. The van der Waals surface area contributed by atoms with E-state index in [2.05, 4.69) is 5.32 Å². The van der Waals surface area contributed by atoms with Gasteiger partial charge >= 0.3 is 5.97 Å². The molecule has 0 bridgehead atoms. The number of amides is 1. The first-order chi connectivity index (χ1) is 9.38. The first-order valence-corrected chi connectivity index (χ1v) is 7.06. The van der Waals surface area contributed by atoms with Crippen molar-refractivity contribution in [2.75, 3.05) is 5.32 Å². The molecule has 20 heavy (non-hydrogen) atoms. The maximum absolute atomic E-state index is 12.1. The molecule has 1 aromatic heterocycles. The molecule has 0 saturated carbocycles. The second kappa shape index (κ2) is 5.83. The summed E-state index contributed by atoms with van der Waals surface area (Å²) in [6.45, 7) is 1.67. The minimum absolute atomic E-state index is 0.192. The van der Waals surface area contributed by atoms with Gasteiger partial charge in [-0.05, 0) is 36.8 Å². The van der Waals surface area contributed by atoms with E-state index < -0.39 is 11.9 Å². The largest absolute Gasteiger partial charge is 0.477 e. The van der Waals surface area contributed by atoms with E-state index in [4.69, 9.17) is 28.3 Å². The molecule has 1 heterocycles. The molecule has 1 amide bonds. The summed E-state index contributed by atoms with van der Waals surface area (Å²) in [6, 6.07) is 6.17. The fourth-order valence-corrected chi connectivity index (χ4v) is 2.89. The van der Waals surface area contributed by atoms with Crippen molar-refractivity contribution in [2.45, 2.75) is 6.92 Å². The number of thiophene rings is 1. The molecule has 7 heteroatoms. The van der Waals surface area contributed by atoms with Gasteiger partial charge in [-0.25, -0.2) is 4.79 Å². The fraction of sp³-hybridized carbons (Fsp3) is 0.0769.